The Morgan fingerprint density at radius 2 is 1.52 bits per heavy atom. The second kappa shape index (κ2) is 6.66. The lowest BCUT2D eigenvalue weighted by atomic mass is 10.2. The largest absolute Gasteiger partial charge is 0.497 e. The van der Waals surface area contributed by atoms with Crippen molar-refractivity contribution in [3.8, 4) is 17.1 Å². The number of ether oxygens (including phenoxy) is 1. The maximum absolute atomic E-state index is 8.55. The van der Waals surface area contributed by atoms with Gasteiger partial charge in [-0.15, -0.1) is 0 Å². The van der Waals surface area contributed by atoms with E-state index < -0.39 is 0 Å². The molecule has 0 fully saturated rings. The third-order valence-corrected chi connectivity index (χ3v) is 4.85. The lowest BCUT2D eigenvalue weighted by Gasteiger charge is -2.17. The average Bonchev–Trinajstić information content (AvgIpc) is 3.14. The van der Waals surface area contributed by atoms with Crippen molar-refractivity contribution >= 4 is 34.8 Å². The molecule has 0 amide bonds. The van der Waals surface area contributed by atoms with Gasteiger partial charge in [0.2, 0.25) is 0 Å². The molecule has 0 unspecified atom stereocenters. The van der Waals surface area contributed by atoms with Crippen LogP contribution in [0.15, 0.2) is 42.5 Å². The molecule has 0 radical (unpaired) electrons. The first-order valence-electron chi connectivity index (χ1n) is 7.80. The van der Waals surface area contributed by atoms with Crippen LogP contribution in [0, 0.1) is 10.8 Å². The minimum atomic E-state index is -0.0743. The van der Waals surface area contributed by atoms with E-state index in [0.717, 1.165) is 0 Å². The molecule has 0 saturated heterocycles. The molecular weight excluding hydrogens is 391 g/mol. The molecule has 0 atom stereocenters. The van der Waals surface area contributed by atoms with Crippen molar-refractivity contribution in [3.05, 3.63) is 63.5 Å². The van der Waals surface area contributed by atoms with Crippen molar-refractivity contribution < 1.29 is 9.68 Å². The number of halogens is 2. The smallest absolute Gasteiger partial charge is 0.182 e. The summed E-state index contributed by atoms with van der Waals surface area (Å²) in [5, 5.41) is 17.8. The highest BCUT2D eigenvalue weighted by Gasteiger charge is 2.23. The molecular formula is C17H14Cl2N6O2. The number of rotatable bonds is 3. The van der Waals surface area contributed by atoms with E-state index in [-0.39, 0.29) is 11.0 Å². The highest BCUT2D eigenvalue weighted by molar-refractivity contribution is 6.42. The van der Waals surface area contributed by atoms with E-state index in [9.17, 15) is 0 Å². The predicted octanol–water partition coefficient (Wildman–Crippen LogP) is 3.23. The number of anilines is 2. The van der Waals surface area contributed by atoms with Gasteiger partial charge >= 0.3 is 0 Å². The summed E-state index contributed by atoms with van der Waals surface area (Å²) in [6, 6.07) is 12.1. The second-order valence-corrected chi connectivity index (χ2v) is 6.49. The van der Waals surface area contributed by atoms with Crippen LogP contribution in [0.3, 0.4) is 0 Å². The van der Waals surface area contributed by atoms with Crippen molar-refractivity contribution in [1.29, 1.82) is 10.8 Å². The average molecular weight is 405 g/mol. The highest BCUT2D eigenvalue weighted by Crippen LogP contribution is 2.31. The molecule has 2 aromatic carbocycles. The van der Waals surface area contributed by atoms with Gasteiger partial charge in [-0.1, -0.05) is 29.3 Å². The maximum Gasteiger partial charge on any atom is 0.182 e. The third kappa shape index (κ3) is 2.84. The number of aromatic nitrogens is 2. The van der Waals surface area contributed by atoms with Crippen LogP contribution in [0.25, 0.3) is 11.4 Å². The van der Waals surface area contributed by atoms with Crippen LogP contribution in [0.5, 0.6) is 5.75 Å². The van der Waals surface area contributed by atoms with Gasteiger partial charge in [-0.3, -0.25) is 20.0 Å². The van der Waals surface area contributed by atoms with E-state index in [1.807, 2.05) is 6.07 Å². The first kappa shape index (κ1) is 17.5. The Labute approximate surface area is 163 Å². The van der Waals surface area contributed by atoms with Crippen LogP contribution in [0.4, 0.5) is 11.6 Å². The number of nitrogens with zero attached hydrogens (tertiary/aromatic N) is 2. The molecule has 2 heterocycles. The van der Waals surface area contributed by atoms with Crippen LogP contribution in [-0.2, 0) is 4.94 Å². The van der Waals surface area contributed by atoms with Crippen LogP contribution >= 0.6 is 23.2 Å². The van der Waals surface area contributed by atoms with Crippen LogP contribution in [0.1, 0.15) is 0 Å². The lowest BCUT2D eigenvalue weighted by Crippen LogP contribution is -2.41. The molecule has 1 aliphatic rings. The minimum absolute atomic E-state index is 0.0622. The van der Waals surface area contributed by atoms with E-state index >= 15 is 0 Å². The first-order chi connectivity index (χ1) is 13.0. The molecule has 10 heteroatoms. The SMILES string of the molecule is COc1cccc(-n2c3c(n(-c4ccc(Cl)c(Cl)c4)c(=N)c2=N)NON3)c1. The van der Waals surface area contributed by atoms with Gasteiger partial charge in [-0.25, -0.2) is 11.0 Å². The van der Waals surface area contributed by atoms with Gasteiger partial charge in [-0.05, 0) is 30.3 Å². The molecule has 4 N–H and O–H groups in total. The number of hydrogen-bond donors (Lipinski definition) is 4. The Morgan fingerprint density at radius 1 is 0.889 bits per heavy atom. The van der Waals surface area contributed by atoms with E-state index in [4.69, 9.17) is 43.7 Å². The van der Waals surface area contributed by atoms with Crippen molar-refractivity contribution in [1.82, 2.24) is 9.13 Å². The molecule has 138 valence electrons. The molecule has 27 heavy (non-hydrogen) atoms. The minimum Gasteiger partial charge on any atom is -0.497 e. The topological polar surface area (TPSA) is 100 Å². The van der Waals surface area contributed by atoms with Crippen molar-refractivity contribution in [2.75, 3.05) is 18.1 Å². The van der Waals surface area contributed by atoms with Gasteiger partial charge in [0, 0.05) is 6.07 Å². The fourth-order valence-electron chi connectivity index (χ4n) is 2.85. The maximum atomic E-state index is 8.55. The summed E-state index contributed by atoms with van der Waals surface area (Å²) in [6.07, 6.45) is 0. The summed E-state index contributed by atoms with van der Waals surface area (Å²) < 4.78 is 8.32. The van der Waals surface area contributed by atoms with Crippen LogP contribution in [-0.4, -0.2) is 16.2 Å². The van der Waals surface area contributed by atoms with E-state index in [1.54, 1.807) is 48.1 Å². The zero-order valence-electron chi connectivity index (χ0n) is 14.0. The summed E-state index contributed by atoms with van der Waals surface area (Å²) in [4.78, 5) is 5.16. The first-order valence-corrected chi connectivity index (χ1v) is 8.56. The van der Waals surface area contributed by atoms with Crippen molar-refractivity contribution in [2.45, 2.75) is 0 Å². The Morgan fingerprint density at radius 3 is 2.11 bits per heavy atom. The normalized spacial score (nSPS) is 12.3. The van der Waals surface area contributed by atoms with Gasteiger partial charge < -0.3 is 4.74 Å². The second-order valence-electron chi connectivity index (χ2n) is 5.67. The van der Waals surface area contributed by atoms with Crippen LogP contribution < -0.4 is 26.7 Å². The lowest BCUT2D eigenvalue weighted by molar-refractivity contribution is 0.279. The summed E-state index contributed by atoms with van der Waals surface area (Å²) in [6.45, 7) is 0. The number of benzene rings is 2. The van der Waals surface area contributed by atoms with E-state index in [1.165, 1.54) is 4.57 Å². The van der Waals surface area contributed by atoms with Gasteiger partial charge in [0.05, 0.1) is 28.5 Å². The third-order valence-electron chi connectivity index (χ3n) is 4.11. The zero-order valence-corrected chi connectivity index (χ0v) is 15.5. The number of methoxy groups -OCH3 is 1. The molecule has 4 rings (SSSR count). The van der Waals surface area contributed by atoms with Gasteiger partial charge in [0.25, 0.3) is 0 Å². The Bertz CT molecular complexity index is 1170. The Hall–Kier alpha value is -2.94. The number of fused-ring (bicyclic) bond motifs is 1. The fourth-order valence-corrected chi connectivity index (χ4v) is 3.14. The van der Waals surface area contributed by atoms with Gasteiger partial charge in [0.15, 0.2) is 22.6 Å². The number of nitrogens with one attached hydrogen (secondary N) is 4. The van der Waals surface area contributed by atoms with E-state index in [0.29, 0.717) is 38.8 Å². The zero-order chi connectivity index (χ0) is 19.1. The highest BCUT2D eigenvalue weighted by atomic mass is 35.5. The molecule has 1 aromatic heterocycles. The molecule has 0 aliphatic carbocycles. The fraction of sp³-hybridized carbons (Fsp3) is 0.0588. The predicted molar refractivity (Wildman–Crippen MR) is 102 cm³/mol. The number of hydrogen-bond acceptors (Lipinski definition) is 6. The monoisotopic (exact) mass is 404 g/mol. The standard InChI is InChI=1S/C17H14Cl2N6O2/c1-26-11-4-2-3-9(7-11)24-14(20)15(21)25(17-16(24)22-27-23-17)10-5-6-12(18)13(19)8-10/h2-8,20-23H,1H3. The summed E-state index contributed by atoms with van der Waals surface area (Å²) >= 11 is 12.1. The summed E-state index contributed by atoms with van der Waals surface area (Å²) in [7, 11) is 1.57. The van der Waals surface area contributed by atoms with Crippen LogP contribution in [0.2, 0.25) is 10.0 Å². The van der Waals surface area contributed by atoms with Gasteiger partial charge in [-0.2, -0.15) is 4.94 Å². The van der Waals surface area contributed by atoms with Crippen molar-refractivity contribution in [3.63, 3.8) is 0 Å². The molecule has 0 spiro atoms. The Kier molecular flexibility index (Phi) is 4.31. The molecule has 3 aromatic rings. The summed E-state index contributed by atoms with van der Waals surface area (Å²) in [5.41, 5.74) is 6.54. The van der Waals surface area contributed by atoms with Crippen molar-refractivity contribution in [2.24, 2.45) is 0 Å². The van der Waals surface area contributed by atoms with E-state index in [2.05, 4.69) is 11.0 Å². The Balaban J connectivity index is 2.02. The quantitative estimate of drug-likeness (QED) is 0.538. The molecule has 8 nitrogen and oxygen atoms in total. The summed E-state index contributed by atoms with van der Waals surface area (Å²) in [5.74, 6) is 1.53. The molecule has 0 saturated carbocycles. The molecule has 0 bridgehead atoms. The molecule has 1 aliphatic heterocycles. The van der Waals surface area contributed by atoms with Gasteiger partial charge in [0.1, 0.15) is 5.75 Å².